The Balaban J connectivity index is 1.89. The summed E-state index contributed by atoms with van der Waals surface area (Å²) in [4.78, 5) is 6.74. The summed E-state index contributed by atoms with van der Waals surface area (Å²) in [5, 5.41) is 0. The number of fused-ring (bicyclic) bond motifs is 2. The van der Waals surface area contributed by atoms with Crippen molar-refractivity contribution in [2.24, 2.45) is 5.73 Å². The minimum absolute atomic E-state index is 0.595. The number of nitrogens with zero attached hydrogens (tertiary/aromatic N) is 2. The summed E-state index contributed by atoms with van der Waals surface area (Å²) in [6, 6.07) is 6.11. The van der Waals surface area contributed by atoms with Crippen molar-refractivity contribution < 1.29 is 9.47 Å². The fourth-order valence-electron chi connectivity index (χ4n) is 2.87. The van der Waals surface area contributed by atoms with E-state index in [4.69, 9.17) is 15.2 Å². The van der Waals surface area contributed by atoms with Crippen LogP contribution in [0.2, 0.25) is 0 Å². The predicted octanol–water partition coefficient (Wildman–Crippen LogP) is 2.64. The molecule has 0 amide bonds. The smallest absolute Gasteiger partial charge is 0.194 e. The minimum atomic E-state index is 0.595. The molecular formula is C16H17N3O2S. The Morgan fingerprint density at radius 2 is 2.09 bits per heavy atom. The van der Waals surface area contributed by atoms with Crippen molar-refractivity contribution in [3.8, 4) is 22.8 Å². The number of imidazole rings is 1. The molecule has 0 saturated carbocycles. The maximum absolute atomic E-state index is 5.72. The minimum Gasteiger partial charge on any atom is -0.486 e. The third kappa shape index (κ3) is 2.07. The average molecular weight is 315 g/mol. The maximum Gasteiger partial charge on any atom is 0.194 e. The van der Waals surface area contributed by atoms with Crippen LogP contribution >= 0.6 is 11.3 Å². The third-order valence-corrected chi connectivity index (χ3v) is 4.79. The van der Waals surface area contributed by atoms with Gasteiger partial charge in [0.25, 0.3) is 0 Å². The molecule has 1 aliphatic heterocycles. The number of ether oxygens (including phenoxy) is 2. The summed E-state index contributed by atoms with van der Waals surface area (Å²) in [6.07, 6.45) is 2.73. The molecule has 0 fully saturated rings. The zero-order valence-electron chi connectivity index (χ0n) is 12.3. The van der Waals surface area contributed by atoms with Crippen molar-refractivity contribution in [2.45, 2.75) is 13.3 Å². The summed E-state index contributed by atoms with van der Waals surface area (Å²) < 4.78 is 13.5. The van der Waals surface area contributed by atoms with Crippen molar-refractivity contribution in [1.29, 1.82) is 0 Å². The van der Waals surface area contributed by atoms with Gasteiger partial charge in [-0.05, 0) is 31.7 Å². The first-order chi connectivity index (χ1) is 10.8. The summed E-state index contributed by atoms with van der Waals surface area (Å²) in [5.41, 5.74) is 9.15. The lowest BCUT2D eigenvalue weighted by Gasteiger charge is -2.19. The van der Waals surface area contributed by atoms with E-state index in [1.54, 1.807) is 11.3 Å². The Morgan fingerprint density at radius 3 is 2.91 bits per heavy atom. The van der Waals surface area contributed by atoms with E-state index in [2.05, 4.69) is 28.4 Å². The van der Waals surface area contributed by atoms with Gasteiger partial charge in [0.15, 0.2) is 16.5 Å². The zero-order chi connectivity index (χ0) is 15.1. The number of rotatable bonds is 3. The van der Waals surface area contributed by atoms with E-state index in [1.807, 2.05) is 12.3 Å². The lowest BCUT2D eigenvalue weighted by Crippen LogP contribution is -2.15. The van der Waals surface area contributed by atoms with Gasteiger partial charge in [0.1, 0.15) is 13.2 Å². The average Bonchev–Trinajstić information content (AvgIpc) is 3.06. The van der Waals surface area contributed by atoms with E-state index in [0.29, 0.717) is 19.8 Å². The largest absolute Gasteiger partial charge is 0.486 e. The van der Waals surface area contributed by atoms with Crippen LogP contribution < -0.4 is 15.2 Å². The van der Waals surface area contributed by atoms with Gasteiger partial charge < -0.3 is 15.2 Å². The van der Waals surface area contributed by atoms with Gasteiger partial charge >= 0.3 is 0 Å². The first-order valence-electron chi connectivity index (χ1n) is 7.33. The molecule has 0 unspecified atom stereocenters. The zero-order valence-corrected chi connectivity index (χ0v) is 13.2. The SMILES string of the molecule is Cc1sc2ncc(CCN)n2c1-c1ccc2c(c1)OCCO2. The van der Waals surface area contributed by atoms with Crippen LogP contribution in [0.4, 0.5) is 0 Å². The normalized spacial score (nSPS) is 13.7. The Morgan fingerprint density at radius 1 is 1.27 bits per heavy atom. The molecule has 0 aliphatic carbocycles. The lowest BCUT2D eigenvalue weighted by molar-refractivity contribution is 0.171. The standard InChI is InChI=1S/C16H17N3O2S/c1-10-15(19-12(4-5-17)9-18-16(19)22-10)11-2-3-13-14(8-11)21-7-6-20-13/h2-3,8-9H,4-7,17H2,1H3. The molecule has 0 saturated heterocycles. The molecule has 0 spiro atoms. The second-order valence-electron chi connectivity index (χ2n) is 5.27. The first-order valence-corrected chi connectivity index (χ1v) is 8.15. The van der Waals surface area contributed by atoms with Crippen molar-refractivity contribution >= 4 is 16.3 Å². The highest BCUT2D eigenvalue weighted by Crippen LogP contribution is 2.38. The monoisotopic (exact) mass is 315 g/mol. The number of nitrogens with two attached hydrogens (primary N) is 1. The van der Waals surface area contributed by atoms with E-state index in [0.717, 1.165) is 39.8 Å². The van der Waals surface area contributed by atoms with Gasteiger partial charge in [-0.15, -0.1) is 11.3 Å². The first kappa shape index (κ1) is 13.6. The Kier molecular flexibility index (Phi) is 3.28. The molecule has 4 rings (SSSR count). The molecule has 1 aliphatic rings. The second-order valence-corrected chi connectivity index (χ2v) is 6.45. The van der Waals surface area contributed by atoms with Crippen LogP contribution in [0.3, 0.4) is 0 Å². The highest BCUT2D eigenvalue weighted by Gasteiger charge is 2.18. The van der Waals surface area contributed by atoms with E-state index >= 15 is 0 Å². The summed E-state index contributed by atoms with van der Waals surface area (Å²) in [6.45, 7) is 3.94. The Labute approximate surface area is 132 Å². The highest BCUT2D eigenvalue weighted by molar-refractivity contribution is 7.17. The van der Waals surface area contributed by atoms with Gasteiger partial charge in [-0.2, -0.15) is 0 Å². The van der Waals surface area contributed by atoms with Crippen LogP contribution in [-0.2, 0) is 6.42 Å². The molecule has 2 N–H and O–H groups in total. The van der Waals surface area contributed by atoms with Gasteiger partial charge in [-0.1, -0.05) is 0 Å². The number of aryl methyl sites for hydroxylation is 1. The van der Waals surface area contributed by atoms with Crippen molar-refractivity contribution in [2.75, 3.05) is 19.8 Å². The molecule has 3 heterocycles. The maximum atomic E-state index is 5.72. The Bertz CT molecular complexity index is 837. The lowest BCUT2D eigenvalue weighted by atomic mass is 10.1. The van der Waals surface area contributed by atoms with Gasteiger partial charge in [0.2, 0.25) is 0 Å². The third-order valence-electron chi connectivity index (χ3n) is 3.82. The fraction of sp³-hybridized carbons (Fsp3) is 0.312. The topological polar surface area (TPSA) is 61.8 Å². The van der Waals surface area contributed by atoms with E-state index in [9.17, 15) is 0 Å². The number of benzene rings is 1. The fourth-order valence-corrected chi connectivity index (χ4v) is 3.85. The molecule has 22 heavy (non-hydrogen) atoms. The number of hydrogen-bond acceptors (Lipinski definition) is 5. The van der Waals surface area contributed by atoms with Crippen LogP contribution in [0.15, 0.2) is 24.4 Å². The molecule has 3 aromatic rings. The summed E-state index contributed by atoms with van der Waals surface area (Å²) in [5.74, 6) is 1.62. The molecule has 2 aromatic heterocycles. The summed E-state index contributed by atoms with van der Waals surface area (Å²) in [7, 11) is 0. The van der Waals surface area contributed by atoms with Crippen LogP contribution in [0, 0.1) is 6.92 Å². The number of aromatic nitrogens is 2. The van der Waals surface area contributed by atoms with Crippen molar-refractivity contribution in [3.05, 3.63) is 35.0 Å². The molecule has 0 atom stereocenters. The van der Waals surface area contributed by atoms with Crippen LogP contribution in [0.25, 0.3) is 16.2 Å². The van der Waals surface area contributed by atoms with Crippen LogP contribution in [-0.4, -0.2) is 29.1 Å². The number of thiazole rings is 1. The molecule has 0 radical (unpaired) electrons. The molecule has 6 heteroatoms. The quantitative estimate of drug-likeness (QED) is 0.807. The highest BCUT2D eigenvalue weighted by atomic mass is 32.1. The Hall–Kier alpha value is -2.05. The van der Waals surface area contributed by atoms with E-state index in [-0.39, 0.29) is 0 Å². The number of hydrogen-bond donors (Lipinski definition) is 1. The van der Waals surface area contributed by atoms with Crippen molar-refractivity contribution in [3.63, 3.8) is 0 Å². The molecular weight excluding hydrogens is 298 g/mol. The van der Waals surface area contributed by atoms with Gasteiger partial charge in [-0.25, -0.2) is 4.98 Å². The van der Waals surface area contributed by atoms with Crippen LogP contribution in [0.1, 0.15) is 10.6 Å². The second kappa shape index (κ2) is 5.30. The molecule has 114 valence electrons. The summed E-state index contributed by atoms with van der Waals surface area (Å²) >= 11 is 1.70. The molecule has 0 bridgehead atoms. The van der Waals surface area contributed by atoms with Gasteiger partial charge in [0, 0.05) is 22.6 Å². The van der Waals surface area contributed by atoms with Crippen molar-refractivity contribution in [1.82, 2.24) is 9.38 Å². The van der Waals surface area contributed by atoms with Crippen LogP contribution in [0.5, 0.6) is 11.5 Å². The van der Waals surface area contributed by atoms with Gasteiger partial charge in [0.05, 0.1) is 11.9 Å². The molecule has 1 aromatic carbocycles. The predicted molar refractivity (Wildman–Crippen MR) is 87.0 cm³/mol. The van der Waals surface area contributed by atoms with Gasteiger partial charge in [-0.3, -0.25) is 4.40 Å². The van der Waals surface area contributed by atoms with E-state index in [1.165, 1.54) is 4.88 Å². The van der Waals surface area contributed by atoms with E-state index < -0.39 is 0 Å². The molecule has 5 nitrogen and oxygen atoms in total.